The molecule has 2 aliphatic heterocycles. The van der Waals surface area contributed by atoms with Crippen molar-refractivity contribution in [3.8, 4) is 23.7 Å². The van der Waals surface area contributed by atoms with Crippen LogP contribution >= 0.6 is 0 Å². The van der Waals surface area contributed by atoms with Crippen LogP contribution in [0.3, 0.4) is 0 Å². The van der Waals surface area contributed by atoms with Crippen molar-refractivity contribution in [3.63, 3.8) is 0 Å². The standard InChI is InChI=1S/C33H26N2/c1-24-17-28(15-13-26-9-5-3-6-10-26)19-30-21-35-23-34(32(24)30)22-31-20-29(18-25(2)33(31)35)16-14-27-11-7-4-8-12-27/h3-12,17-20H,21-23H2,1-2H3. The average Bonchev–Trinajstić information content (AvgIpc) is 2.87. The highest BCUT2D eigenvalue weighted by molar-refractivity contribution is 5.74. The zero-order chi connectivity index (χ0) is 23.8. The molecule has 0 radical (unpaired) electrons. The van der Waals surface area contributed by atoms with E-state index < -0.39 is 0 Å². The number of hydrogen-bond donors (Lipinski definition) is 0. The van der Waals surface area contributed by atoms with Crippen molar-refractivity contribution in [2.75, 3.05) is 16.5 Å². The Kier molecular flexibility index (Phi) is 5.29. The highest BCUT2D eigenvalue weighted by Crippen LogP contribution is 2.41. The molecule has 0 aromatic heterocycles. The first-order valence-electron chi connectivity index (χ1n) is 12.0. The van der Waals surface area contributed by atoms with Gasteiger partial charge in [-0.25, -0.2) is 0 Å². The van der Waals surface area contributed by atoms with Crippen LogP contribution in [0, 0.1) is 37.5 Å². The van der Waals surface area contributed by atoms with Crippen molar-refractivity contribution in [2.24, 2.45) is 0 Å². The third-order valence-corrected chi connectivity index (χ3v) is 6.71. The molecule has 4 aromatic rings. The first-order chi connectivity index (χ1) is 17.1. The highest BCUT2D eigenvalue weighted by atomic mass is 15.4. The lowest BCUT2D eigenvalue weighted by atomic mass is 9.94. The minimum Gasteiger partial charge on any atom is -0.349 e. The Hall–Kier alpha value is -4.40. The van der Waals surface area contributed by atoms with E-state index in [1.165, 1.54) is 33.6 Å². The van der Waals surface area contributed by atoms with Crippen LogP contribution in [-0.2, 0) is 13.1 Å². The fraction of sp³-hybridized carbons (Fsp3) is 0.152. The first-order valence-corrected chi connectivity index (χ1v) is 12.0. The number of rotatable bonds is 0. The van der Waals surface area contributed by atoms with Crippen molar-refractivity contribution in [2.45, 2.75) is 26.9 Å². The molecule has 4 aromatic carbocycles. The Morgan fingerprint density at radius 2 is 0.914 bits per heavy atom. The van der Waals surface area contributed by atoms with Gasteiger partial charge in [0.25, 0.3) is 0 Å². The molecule has 0 amide bonds. The number of nitrogens with zero attached hydrogens (tertiary/aromatic N) is 2. The zero-order valence-corrected chi connectivity index (χ0v) is 20.1. The second kappa shape index (κ2) is 8.75. The largest absolute Gasteiger partial charge is 0.349 e. The average molecular weight is 451 g/mol. The minimum atomic E-state index is 0.899. The molecule has 2 aliphatic rings. The minimum absolute atomic E-state index is 0.899. The van der Waals surface area contributed by atoms with Gasteiger partial charge in [0.2, 0.25) is 0 Å². The number of aryl methyl sites for hydroxylation is 2. The van der Waals surface area contributed by atoms with Gasteiger partial charge in [-0.1, -0.05) is 60.1 Å². The van der Waals surface area contributed by atoms with Crippen molar-refractivity contribution >= 4 is 11.4 Å². The molecule has 35 heavy (non-hydrogen) atoms. The monoisotopic (exact) mass is 450 g/mol. The molecule has 0 spiro atoms. The Morgan fingerprint density at radius 1 is 0.514 bits per heavy atom. The van der Waals surface area contributed by atoms with Gasteiger partial charge < -0.3 is 9.80 Å². The number of hydrogen-bond acceptors (Lipinski definition) is 2. The molecule has 168 valence electrons. The van der Waals surface area contributed by atoms with Gasteiger partial charge in [-0.3, -0.25) is 0 Å². The molecule has 0 aliphatic carbocycles. The Balaban J connectivity index is 1.33. The predicted octanol–water partition coefficient (Wildman–Crippen LogP) is 6.40. The quantitative estimate of drug-likeness (QED) is 0.286. The Bertz CT molecular complexity index is 1420. The van der Waals surface area contributed by atoms with Gasteiger partial charge in [0.1, 0.15) is 0 Å². The summed E-state index contributed by atoms with van der Waals surface area (Å²) >= 11 is 0. The van der Waals surface area contributed by atoms with Gasteiger partial charge in [-0.05, 0) is 84.6 Å². The van der Waals surface area contributed by atoms with E-state index in [4.69, 9.17) is 0 Å². The summed E-state index contributed by atoms with van der Waals surface area (Å²) in [5.74, 6) is 13.4. The number of benzene rings is 4. The van der Waals surface area contributed by atoms with E-state index in [1.54, 1.807) is 0 Å². The second-order valence-electron chi connectivity index (χ2n) is 9.37. The zero-order valence-electron chi connectivity index (χ0n) is 20.1. The molecule has 2 bridgehead atoms. The van der Waals surface area contributed by atoms with Crippen LogP contribution in [0.25, 0.3) is 0 Å². The smallest absolute Gasteiger partial charge is 0.0910 e. The van der Waals surface area contributed by atoms with E-state index in [2.05, 4.69) is 95.9 Å². The molecule has 2 heteroatoms. The van der Waals surface area contributed by atoms with E-state index in [0.29, 0.717) is 0 Å². The topological polar surface area (TPSA) is 6.48 Å². The summed E-state index contributed by atoms with van der Waals surface area (Å²) in [5, 5.41) is 0. The lowest BCUT2D eigenvalue weighted by Gasteiger charge is -2.46. The molecule has 6 rings (SSSR count). The van der Waals surface area contributed by atoms with Gasteiger partial charge in [-0.2, -0.15) is 0 Å². The van der Waals surface area contributed by atoms with Crippen LogP contribution in [-0.4, -0.2) is 6.67 Å². The lowest BCUT2D eigenvalue weighted by molar-refractivity contribution is 0.646. The summed E-state index contributed by atoms with van der Waals surface area (Å²) in [4.78, 5) is 5.00. The van der Waals surface area contributed by atoms with Crippen LogP contribution in [0.4, 0.5) is 11.4 Å². The van der Waals surface area contributed by atoms with E-state index in [1.807, 2.05) is 36.4 Å². The van der Waals surface area contributed by atoms with Gasteiger partial charge in [0, 0.05) is 46.7 Å². The van der Waals surface area contributed by atoms with E-state index >= 15 is 0 Å². The molecule has 0 saturated heterocycles. The molecule has 0 N–H and O–H groups in total. The summed E-state index contributed by atoms with van der Waals surface area (Å²) in [5.41, 5.74) is 12.3. The predicted molar refractivity (Wildman–Crippen MR) is 144 cm³/mol. The van der Waals surface area contributed by atoms with E-state index in [-0.39, 0.29) is 0 Å². The third kappa shape index (κ3) is 4.16. The van der Waals surface area contributed by atoms with Crippen LogP contribution in [0.2, 0.25) is 0 Å². The molecule has 0 fully saturated rings. The summed E-state index contributed by atoms with van der Waals surface area (Å²) in [6, 6.07) is 29.4. The Morgan fingerprint density at radius 3 is 1.34 bits per heavy atom. The molecule has 0 saturated carbocycles. The van der Waals surface area contributed by atoms with Crippen LogP contribution < -0.4 is 9.80 Å². The van der Waals surface area contributed by atoms with Crippen LogP contribution in [0.5, 0.6) is 0 Å². The molecule has 2 nitrogen and oxygen atoms in total. The summed E-state index contributed by atoms with van der Waals surface area (Å²) in [6.07, 6.45) is 0. The summed E-state index contributed by atoms with van der Waals surface area (Å²) in [6.45, 7) is 7.15. The normalized spacial score (nSPS) is 13.1. The first kappa shape index (κ1) is 21.2. The van der Waals surface area contributed by atoms with Crippen molar-refractivity contribution in [3.05, 3.63) is 129 Å². The highest BCUT2D eigenvalue weighted by Gasteiger charge is 2.31. The van der Waals surface area contributed by atoms with Gasteiger partial charge in [0.05, 0.1) is 6.67 Å². The number of fused-ring (bicyclic) bond motifs is 6. The van der Waals surface area contributed by atoms with Gasteiger partial charge in [0.15, 0.2) is 0 Å². The number of anilines is 2. The Labute approximate surface area is 207 Å². The van der Waals surface area contributed by atoms with Crippen molar-refractivity contribution in [1.82, 2.24) is 0 Å². The fourth-order valence-corrected chi connectivity index (χ4v) is 5.34. The van der Waals surface area contributed by atoms with E-state index in [9.17, 15) is 0 Å². The lowest BCUT2D eigenvalue weighted by Crippen LogP contribution is -2.46. The summed E-state index contributed by atoms with van der Waals surface area (Å²) in [7, 11) is 0. The van der Waals surface area contributed by atoms with Crippen LogP contribution in [0.1, 0.15) is 44.5 Å². The third-order valence-electron chi connectivity index (χ3n) is 6.71. The molecular weight excluding hydrogens is 424 g/mol. The van der Waals surface area contributed by atoms with Gasteiger partial charge >= 0.3 is 0 Å². The SMILES string of the molecule is Cc1cc(C#Cc2ccccc2)cc2c1N1Cc3cc(C#Cc4ccccc4)cc(C)c3N(C2)C1. The molecule has 0 unspecified atom stereocenters. The van der Waals surface area contributed by atoms with Crippen molar-refractivity contribution < 1.29 is 0 Å². The van der Waals surface area contributed by atoms with E-state index in [0.717, 1.165) is 42.0 Å². The fourth-order valence-electron chi connectivity index (χ4n) is 5.34. The maximum Gasteiger partial charge on any atom is 0.0910 e. The van der Waals surface area contributed by atoms with Crippen LogP contribution in [0.15, 0.2) is 84.9 Å². The summed E-state index contributed by atoms with van der Waals surface area (Å²) < 4.78 is 0. The van der Waals surface area contributed by atoms with Gasteiger partial charge in [-0.15, -0.1) is 0 Å². The maximum atomic E-state index is 3.38. The molecule has 0 atom stereocenters. The molecular formula is C33H26N2. The maximum absolute atomic E-state index is 3.38. The molecule has 2 heterocycles. The second-order valence-corrected chi connectivity index (χ2v) is 9.37. The van der Waals surface area contributed by atoms with Crippen molar-refractivity contribution in [1.29, 1.82) is 0 Å².